The summed E-state index contributed by atoms with van der Waals surface area (Å²) < 4.78 is 0. The van der Waals surface area contributed by atoms with Gasteiger partial charge in [-0.05, 0) is 26.7 Å². The van der Waals surface area contributed by atoms with Gasteiger partial charge in [-0.2, -0.15) is 5.10 Å². The Morgan fingerprint density at radius 2 is 1.93 bits per heavy atom. The molecular formula is C11H18N2O. The highest BCUT2D eigenvalue weighted by Gasteiger charge is 2.42. The van der Waals surface area contributed by atoms with Gasteiger partial charge in [-0.3, -0.25) is 4.79 Å². The Labute approximate surface area is 85.0 Å². The lowest BCUT2D eigenvalue weighted by Gasteiger charge is -2.27. The van der Waals surface area contributed by atoms with Gasteiger partial charge >= 0.3 is 0 Å². The number of rotatable bonds is 1. The Balaban J connectivity index is 2.14. The van der Waals surface area contributed by atoms with Crippen molar-refractivity contribution in [2.45, 2.75) is 46.0 Å². The van der Waals surface area contributed by atoms with Crippen molar-refractivity contribution in [2.75, 3.05) is 0 Å². The van der Waals surface area contributed by atoms with E-state index < -0.39 is 0 Å². The zero-order valence-electron chi connectivity index (χ0n) is 8.97. The molecule has 0 bridgehead atoms. The quantitative estimate of drug-likeness (QED) is 0.682. The van der Waals surface area contributed by atoms with Gasteiger partial charge in [0.15, 0.2) is 0 Å². The SMILES string of the molecule is CC1(C)C(=O)NN=C1C1CCCCC1. The average molecular weight is 194 g/mol. The highest BCUT2D eigenvalue weighted by atomic mass is 16.2. The molecule has 0 radical (unpaired) electrons. The Morgan fingerprint density at radius 1 is 1.29 bits per heavy atom. The van der Waals surface area contributed by atoms with Crippen molar-refractivity contribution in [1.29, 1.82) is 0 Å². The second-order valence-electron chi connectivity index (χ2n) is 4.90. The number of amides is 1. The normalized spacial score (nSPS) is 27.3. The minimum Gasteiger partial charge on any atom is -0.272 e. The van der Waals surface area contributed by atoms with Gasteiger partial charge in [0.25, 0.3) is 5.91 Å². The fourth-order valence-corrected chi connectivity index (χ4v) is 2.48. The summed E-state index contributed by atoms with van der Waals surface area (Å²) in [5.41, 5.74) is 3.32. The van der Waals surface area contributed by atoms with Crippen molar-refractivity contribution in [3.05, 3.63) is 0 Å². The van der Waals surface area contributed by atoms with Crippen LogP contribution < -0.4 is 5.43 Å². The van der Waals surface area contributed by atoms with E-state index in [-0.39, 0.29) is 11.3 Å². The molecule has 0 aromatic rings. The van der Waals surface area contributed by atoms with Crippen LogP contribution >= 0.6 is 0 Å². The summed E-state index contributed by atoms with van der Waals surface area (Å²) in [6.07, 6.45) is 6.32. The van der Waals surface area contributed by atoms with Crippen molar-refractivity contribution in [2.24, 2.45) is 16.4 Å². The monoisotopic (exact) mass is 194 g/mol. The Morgan fingerprint density at radius 3 is 2.43 bits per heavy atom. The number of carbonyl (C=O) groups excluding carboxylic acids is 1. The zero-order chi connectivity index (χ0) is 10.2. The Hall–Kier alpha value is -0.860. The Kier molecular flexibility index (Phi) is 2.33. The van der Waals surface area contributed by atoms with Gasteiger partial charge in [-0.15, -0.1) is 0 Å². The predicted molar refractivity (Wildman–Crippen MR) is 55.9 cm³/mol. The summed E-state index contributed by atoms with van der Waals surface area (Å²) in [7, 11) is 0. The highest BCUT2D eigenvalue weighted by Crippen LogP contribution is 2.34. The molecule has 0 spiro atoms. The minimum absolute atomic E-state index is 0.0538. The molecule has 1 saturated carbocycles. The fourth-order valence-electron chi connectivity index (χ4n) is 2.48. The van der Waals surface area contributed by atoms with Gasteiger partial charge in [0, 0.05) is 5.92 Å². The van der Waals surface area contributed by atoms with E-state index >= 15 is 0 Å². The summed E-state index contributed by atoms with van der Waals surface area (Å²) in [5.74, 6) is 0.593. The molecule has 1 fully saturated rings. The fraction of sp³-hybridized carbons (Fsp3) is 0.818. The third-order valence-electron chi connectivity index (χ3n) is 3.48. The molecule has 78 valence electrons. The van der Waals surface area contributed by atoms with E-state index in [0.29, 0.717) is 5.92 Å². The minimum atomic E-state index is -0.373. The maximum atomic E-state index is 11.5. The molecule has 0 aromatic carbocycles. The molecule has 1 aliphatic carbocycles. The van der Waals surface area contributed by atoms with Crippen molar-refractivity contribution in [3.63, 3.8) is 0 Å². The topological polar surface area (TPSA) is 41.5 Å². The molecule has 2 aliphatic rings. The largest absolute Gasteiger partial charge is 0.272 e. The third-order valence-corrected chi connectivity index (χ3v) is 3.48. The lowest BCUT2D eigenvalue weighted by Crippen LogP contribution is -2.36. The molecule has 0 saturated heterocycles. The third kappa shape index (κ3) is 1.45. The molecule has 0 aromatic heterocycles. The van der Waals surface area contributed by atoms with Crippen LogP contribution in [0.3, 0.4) is 0 Å². The van der Waals surface area contributed by atoms with Crippen LogP contribution in [0.15, 0.2) is 5.10 Å². The van der Waals surface area contributed by atoms with Crippen LogP contribution in [0.5, 0.6) is 0 Å². The van der Waals surface area contributed by atoms with Crippen molar-refractivity contribution in [1.82, 2.24) is 5.43 Å². The number of carbonyl (C=O) groups is 1. The van der Waals surface area contributed by atoms with E-state index in [9.17, 15) is 4.79 Å². The van der Waals surface area contributed by atoms with Gasteiger partial charge < -0.3 is 0 Å². The van der Waals surface area contributed by atoms with E-state index in [1.165, 1.54) is 32.1 Å². The number of hydrogen-bond donors (Lipinski definition) is 1. The summed E-state index contributed by atoms with van der Waals surface area (Å²) >= 11 is 0. The Bertz CT molecular complexity index is 275. The van der Waals surface area contributed by atoms with Crippen LogP contribution in [-0.2, 0) is 4.79 Å². The predicted octanol–water partition coefficient (Wildman–Crippen LogP) is 2.08. The summed E-state index contributed by atoms with van der Waals surface area (Å²) in [5, 5.41) is 4.21. The van der Waals surface area contributed by atoms with Crippen LogP contribution in [0.2, 0.25) is 0 Å². The molecule has 14 heavy (non-hydrogen) atoms. The van der Waals surface area contributed by atoms with Crippen LogP contribution in [0, 0.1) is 11.3 Å². The molecule has 3 nitrogen and oxygen atoms in total. The molecule has 0 atom stereocenters. The number of hydrazone groups is 1. The second-order valence-corrected chi connectivity index (χ2v) is 4.90. The smallest absolute Gasteiger partial charge is 0.251 e. The standard InChI is InChI=1S/C11H18N2O/c1-11(2)9(12-13-10(11)14)8-6-4-3-5-7-8/h8H,3-7H2,1-2H3,(H,13,14). The van der Waals surface area contributed by atoms with Gasteiger partial charge in [-0.25, -0.2) is 5.43 Å². The van der Waals surface area contributed by atoms with E-state index in [1.54, 1.807) is 0 Å². The zero-order valence-corrected chi connectivity index (χ0v) is 8.97. The molecule has 3 heteroatoms. The molecule has 2 rings (SSSR count). The molecule has 0 unspecified atom stereocenters. The maximum absolute atomic E-state index is 11.5. The first-order valence-electron chi connectivity index (χ1n) is 5.51. The van der Waals surface area contributed by atoms with Gasteiger partial charge in [-0.1, -0.05) is 19.3 Å². The van der Waals surface area contributed by atoms with E-state index in [0.717, 1.165) is 5.71 Å². The second kappa shape index (κ2) is 3.37. The van der Waals surface area contributed by atoms with Crippen LogP contribution in [-0.4, -0.2) is 11.6 Å². The van der Waals surface area contributed by atoms with Crippen molar-refractivity contribution >= 4 is 11.6 Å². The van der Waals surface area contributed by atoms with Crippen LogP contribution in [0.4, 0.5) is 0 Å². The first-order chi connectivity index (χ1) is 6.62. The van der Waals surface area contributed by atoms with Gasteiger partial charge in [0.05, 0.1) is 11.1 Å². The number of nitrogens with one attached hydrogen (secondary N) is 1. The molecule has 1 aliphatic heterocycles. The lowest BCUT2D eigenvalue weighted by molar-refractivity contribution is -0.125. The molecular weight excluding hydrogens is 176 g/mol. The maximum Gasteiger partial charge on any atom is 0.251 e. The highest BCUT2D eigenvalue weighted by molar-refractivity contribution is 6.12. The molecule has 1 heterocycles. The van der Waals surface area contributed by atoms with Crippen LogP contribution in [0.25, 0.3) is 0 Å². The number of nitrogens with zero attached hydrogens (tertiary/aromatic N) is 1. The van der Waals surface area contributed by atoms with E-state index in [4.69, 9.17) is 0 Å². The first-order valence-corrected chi connectivity index (χ1v) is 5.51. The van der Waals surface area contributed by atoms with E-state index in [1.807, 2.05) is 13.8 Å². The van der Waals surface area contributed by atoms with E-state index in [2.05, 4.69) is 10.5 Å². The molecule has 1 N–H and O–H groups in total. The summed E-state index contributed by atoms with van der Waals surface area (Å²) in [6, 6.07) is 0. The van der Waals surface area contributed by atoms with Crippen molar-refractivity contribution in [3.8, 4) is 0 Å². The van der Waals surface area contributed by atoms with Crippen LogP contribution in [0.1, 0.15) is 46.0 Å². The number of hydrogen-bond acceptors (Lipinski definition) is 2. The van der Waals surface area contributed by atoms with Gasteiger partial charge in [0.1, 0.15) is 0 Å². The first kappa shape index (κ1) is 9.69. The van der Waals surface area contributed by atoms with Gasteiger partial charge in [0.2, 0.25) is 0 Å². The summed E-state index contributed by atoms with van der Waals surface area (Å²) in [4.78, 5) is 11.5. The molecule has 1 amide bonds. The summed E-state index contributed by atoms with van der Waals surface area (Å²) in [6.45, 7) is 3.95. The average Bonchev–Trinajstić information content (AvgIpc) is 2.44. The lowest BCUT2D eigenvalue weighted by atomic mass is 9.75. The van der Waals surface area contributed by atoms with Crippen molar-refractivity contribution < 1.29 is 4.79 Å².